The SMILES string of the molecule is CCCCCCCCCCCCCCC=C(C)OC(C)=O. The van der Waals surface area contributed by atoms with E-state index in [1.54, 1.807) is 0 Å². The van der Waals surface area contributed by atoms with E-state index < -0.39 is 0 Å². The zero-order chi connectivity index (χ0) is 15.8. The van der Waals surface area contributed by atoms with Crippen molar-refractivity contribution in [2.75, 3.05) is 0 Å². The third-order valence-electron chi connectivity index (χ3n) is 3.79. The lowest BCUT2D eigenvalue weighted by Gasteiger charge is -2.03. The Morgan fingerprint density at radius 2 is 1.19 bits per heavy atom. The van der Waals surface area contributed by atoms with Gasteiger partial charge in [0.05, 0.1) is 0 Å². The van der Waals surface area contributed by atoms with E-state index in [1.807, 2.05) is 13.0 Å². The average Bonchev–Trinajstić information content (AvgIpc) is 2.43. The number of ether oxygens (including phenoxy) is 1. The maximum Gasteiger partial charge on any atom is 0.307 e. The number of rotatable bonds is 14. The van der Waals surface area contributed by atoms with Crippen LogP contribution in [0.25, 0.3) is 0 Å². The Balaban J connectivity index is 3.17. The molecule has 0 atom stereocenters. The molecule has 2 nitrogen and oxygen atoms in total. The Hall–Kier alpha value is -0.790. The largest absolute Gasteiger partial charge is 0.432 e. The fraction of sp³-hybridized carbons (Fsp3) is 0.842. The highest BCUT2D eigenvalue weighted by Crippen LogP contribution is 2.13. The first-order valence-electron chi connectivity index (χ1n) is 9.02. The van der Waals surface area contributed by atoms with Crippen LogP contribution in [0, 0.1) is 0 Å². The lowest BCUT2D eigenvalue weighted by Crippen LogP contribution is -1.95. The Morgan fingerprint density at radius 1 is 0.762 bits per heavy atom. The monoisotopic (exact) mass is 296 g/mol. The lowest BCUT2D eigenvalue weighted by atomic mass is 10.0. The van der Waals surface area contributed by atoms with Gasteiger partial charge in [-0.3, -0.25) is 4.79 Å². The minimum Gasteiger partial charge on any atom is -0.432 e. The molecule has 0 aromatic carbocycles. The molecule has 0 saturated heterocycles. The molecular formula is C19H36O2. The number of unbranched alkanes of at least 4 members (excludes halogenated alkanes) is 12. The van der Waals surface area contributed by atoms with E-state index in [0.717, 1.165) is 12.2 Å². The molecule has 0 heterocycles. The first-order chi connectivity index (χ1) is 10.2. The number of allylic oxidation sites excluding steroid dienone is 2. The summed E-state index contributed by atoms with van der Waals surface area (Å²) in [7, 11) is 0. The second-order valence-electron chi connectivity index (χ2n) is 6.09. The number of hydrogen-bond donors (Lipinski definition) is 0. The first kappa shape index (κ1) is 20.2. The van der Waals surface area contributed by atoms with Gasteiger partial charge in [0.1, 0.15) is 5.76 Å². The van der Waals surface area contributed by atoms with Crippen LogP contribution in [0.4, 0.5) is 0 Å². The van der Waals surface area contributed by atoms with Crippen molar-refractivity contribution in [1.82, 2.24) is 0 Å². The third kappa shape index (κ3) is 17.2. The zero-order valence-corrected chi connectivity index (χ0v) is 14.6. The van der Waals surface area contributed by atoms with Crippen molar-refractivity contribution in [2.24, 2.45) is 0 Å². The topological polar surface area (TPSA) is 26.3 Å². The molecule has 0 bridgehead atoms. The van der Waals surface area contributed by atoms with Gasteiger partial charge in [-0.15, -0.1) is 0 Å². The Kier molecular flexibility index (Phi) is 15.0. The molecule has 0 aromatic heterocycles. The van der Waals surface area contributed by atoms with Gasteiger partial charge >= 0.3 is 5.97 Å². The van der Waals surface area contributed by atoms with E-state index in [1.165, 1.54) is 84.0 Å². The Labute approximate surface area is 132 Å². The maximum absolute atomic E-state index is 10.7. The summed E-state index contributed by atoms with van der Waals surface area (Å²) in [6, 6.07) is 0. The van der Waals surface area contributed by atoms with Crippen molar-refractivity contribution in [3.63, 3.8) is 0 Å². The molecule has 0 N–H and O–H groups in total. The van der Waals surface area contributed by atoms with Gasteiger partial charge in [0.2, 0.25) is 0 Å². The minimum absolute atomic E-state index is 0.224. The van der Waals surface area contributed by atoms with Gasteiger partial charge in [0, 0.05) is 6.92 Å². The van der Waals surface area contributed by atoms with E-state index in [9.17, 15) is 4.79 Å². The van der Waals surface area contributed by atoms with Gasteiger partial charge in [-0.25, -0.2) is 0 Å². The molecule has 124 valence electrons. The highest BCUT2D eigenvalue weighted by Gasteiger charge is 1.95. The molecule has 0 fully saturated rings. The summed E-state index contributed by atoms with van der Waals surface area (Å²) in [5.74, 6) is 0.518. The predicted molar refractivity (Wildman–Crippen MR) is 91.2 cm³/mol. The van der Waals surface area contributed by atoms with E-state index in [4.69, 9.17) is 4.74 Å². The summed E-state index contributed by atoms with van der Waals surface area (Å²) in [4.78, 5) is 10.7. The van der Waals surface area contributed by atoms with Gasteiger partial charge in [0.25, 0.3) is 0 Å². The quantitative estimate of drug-likeness (QED) is 0.206. The van der Waals surface area contributed by atoms with Crippen LogP contribution in [-0.4, -0.2) is 5.97 Å². The molecule has 0 rings (SSSR count). The summed E-state index contributed by atoms with van der Waals surface area (Å²) in [5.41, 5.74) is 0. The summed E-state index contributed by atoms with van der Waals surface area (Å²) in [6.45, 7) is 5.57. The van der Waals surface area contributed by atoms with Crippen LogP contribution in [0.5, 0.6) is 0 Å². The molecule has 0 radical (unpaired) electrons. The van der Waals surface area contributed by atoms with Gasteiger partial charge < -0.3 is 4.74 Å². The van der Waals surface area contributed by atoms with Crippen molar-refractivity contribution in [3.05, 3.63) is 11.8 Å². The molecule has 0 spiro atoms. The number of carbonyl (C=O) groups is 1. The first-order valence-corrected chi connectivity index (χ1v) is 9.02. The van der Waals surface area contributed by atoms with E-state index in [0.29, 0.717) is 0 Å². The minimum atomic E-state index is -0.224. The number of hydrogen-bond acceptors (Lipinski definition) is 2. The Bertz CT molecular complexity index is 269. The van der Waals surface area contributed by atoms with Crippen molar-refractivity contribution in [3.8, 4) is 0 Å². The van der Waals surface area contributed by atoms with Crippen LogP contribution < -0.4 is 0 Å². The van der Waals surface area contributed by atoms with E-state index in [-0.39, 0.29) is 5.97 Å². The summed E-state index contributed by atoms with van der Waals surface area (Å²) >= 11 is 0. The summed E-state index contributed by atoms with van der Waals surface area (Å²) < 4.78 is 4.98. The van der Waals surface area contributed by atoms with Crippen molar-refractivity contribution < 1.29 is 9.53 Å². The molecule has 2 heteroatoms. The van der Waals surface area contributed by atoms with Gasteiger partial charge in [-0.1, -0.05) is 77.6 Å². The molecule has 21 heavy (non-hydrogen) atoms. The predicted octanol–water partition coefficient (Wildman–Crippen LogP) is 6.54. The molecule has 0 amide bonds. The second-order valence-corrected chi connectivity index (χ2v) is 6.09. The smallest absolute Gasteiger partial charge is 0.307 e. The Morgan fingerprint density at radius 3 is 1.62 bits per heavy atom. The lowest BCUT2D eigenvalue weighted by molar-refractivity contribution is -0.136. The average molecular weight is 296 g/mol. The van der Waals surface area contributed by atoms with Crippen molar-refractivity contribution in [2.45, 2.75) is 104 Å². The van der Waals surface area contributed by atoms with Crippen LogP contribution in [0.1, 0.15) is 104 Å². The fourth-order valence-electron chi connectivity index (χ4n) is 2.56. The van der Waals surface area contributed by atoms with Crippen LogP contribution in [0.2, 0.25) is 0 Å². The van der Waals surface area contributed by atoms with Gasteiger partial charge in [-0.2, -0.15) is 0 Å². The second kappa shape index (κ2) is 15.6. The zero-order valence-electron chi connectivity index (χ0n) is 14.6. The highest BCUT2D eigenvalue weighted by molar-refractivity contribution is 5.67. The van der Waals surface area contributed by atoms with E-state index >= 15 is 0 Å². The summed E-state index contributed by atoms with van der Waals surface area (Å²) in [6.07, 6.45) is 19.5. The fourth-order valence-corrected chi connectivity index (χ4v) is 2.56. The highest BCUT2D eigenvalue weighted by atomic mass is 16.5. The van der Waals surface area contributed by atoms with Crippen LogP contribution in [0.3, 0.4) is 0 Å². The van der Waals surface area contributed by atoms with Crippen molar-refractivity contribution in [1.29, 1.82) is 0 Å². The number of esters is 1. The maximum atomic E-state index is 10.7. The van der Waals surface area contributed by atoms with Crippen LogP contribution >= 0.6 is 0 Å². The molecule has 0 saturated carbocycles. The van der Waals surface area contributed by atoms with Crippen LogP contribution in [-0.2, 0) is 9.53 Å². The third-order valence-corrected chi connectivity index (χ3v) is 3.79. The summed E-state index contributed by atoms with van der Waals surface area (Å²) in [5, 5.41) is 0. The standard InChI is InChI=1S/C19H36O2/c1-4-5-6-7-8-9-10-11-12-13-14-15-16-17-18(2)21-19(3)20/h17H,4-16H2,1-3H3. The van der Waals surface area contributed by atoms with Crippen molar-refractivity contribution >= 4 is 5.97 Å². The molecule has 0 aliphatic rings. The molecular weight excluding hydrogens is 260 g/mol. The number of carbonyl (C=O) groups excluding carboxylic acids is 1. The van der Waals surface area contributed by atoms with Crippen LogP contribution in [0.15, 0.2) is 11.8 Å². The molecule has 0 unspecified atom stereocenters. The molecule has 0 aliphatic carbocycles. The molecule has 0 aromatic rings. The normalized spacial score (nSPS) is 11.7. The van der Waals surface area contributed by atoms with E-state index in [2.05, 4.69) is 6.92 Å². The molecule has 0 aliphatic heterocycles. The van der Waals surface area contributed by atoms with Gasteiger partial charge in [-0.05, 0) is 25.8 Å². The van der Waals surface area contributed by atoms with Gasteiger partial charge in [0.15, 0.2) is 0 Å².